The molecule has 18 heavy (non-hydrogen) atoms. The molecule has 2 aliphatic rings. The molecule has 100 valence electrons. The summed E-state index contributed by atoms with van der Waals surface area (Å²) in [4.78, 5) is 2.44. The first-order valence-corrected chi connectivity index (χ1v) is 6.51. The van der Waals surface area contributed by atoms with E-state index >= 15 is 0 Å². The summed E-state index contributed by atoms with van der Waals surface area (Å²) in [5, 5.41) is 9.74. The van der Waals surface area contributed by atoms with Crippen molar-refractivity contribution in [3.8, 4) is 5.75 Å². The van der Waals surface area contributed by atoms with Crippen molar-refractivity contribution in [2.45, 2.75) is 25.7 Å². The molecule has 0 unspecified atom stereocenters. The van der Waals surface area contributed by atoms with E-state index in [2.05, 4.69) is 31.9 Å². The molecule has 1 aliphatic carbocycles. The molecule has 1 N–H and O–H groups in total. The van der Waals surface area contributed by atoms with Crippen LogP contribution in [0, 0.1) is 11.8 Å². The van der Waals surface area contributed by atoms with Gasteiger partial charge < -0.3 is 10.0 Å². The lowest BCUT2D eigenvalue weighted by molar-refractivity contribution is 0.0574. The molecule has 1 saturated heterocycles. The van der Waals surface area contributed by atoms with E-state index in [0.29, 0.717) is 11.7 Å². The van der Waals surface area contributed by atoms with Crippen LogP contribution in [0.5, 0.6) is 5.75 Å². The van der Waals surface area contributed by atoms with Crippen molar-refractivity contribution >= 4 is 17.0 Å². The lowest BCUT2D eigenvalue weighted by Gasteiger charge is -2.53. The van der Waals surface area contributed by atoms with Gasteiger partial charge in [0.15, 0.2) is 0 Å². The van der Waals surface area contributed by atoms with Crippen LogP contribution >= 0.6 is 17.0 Å². The van der Waals surface area contributed by atoms with Crippen LogP contribution in [0.2, 0.25) is 0 Å². The van der Waals surface area contributed by atoms with Crippen molar-refractivity contribution in [3.63, 3.8) is 0 Å². The fraction of sp³-hybridized carbons (Fsp3) is 0.600. The minimum Gasteiger partial charge on any atom is -0.508 e. The highest BCUT2D eigenvalue weighted by molar-refractivity contribution is 8.93. The zero-order valence-electron chi connectivity index (χ0n) is 11.3. The van der Waals surface area contributed by atoms with Gasteiger partial charge in [-0.05, 0) is 48.6 Å². The highest BCUT2D eigenvalue weighted by Gasteiger charge is 2.47. The minimum atomic E-state index is 0. The number of benzene rings is 1. The van der Waals surface area contributed by atoms with Gasteiger partial charge in [0, 0.05) is 18.5 Å². The normalized spacial score (nSPS) is 34.6. The lowest BCUT2D eigenvalue weighted by Crippen LogP contribution is -2.55. The second kappa shape index (κ2) is 4.53. The van der Waals surface area contributed by atoms with Gasteiger partial charge in [-0.1, -0.05) is 19.9 Å². The number of fused-ring (bicyclic) bond motifs is 4. The molecular weight excluding hydrogens is 290 g/mol. The third kappa shape index (κ3) is 1.88. The van der Waals surface area contributed by atoms with Gasteiger partial charge in [0.05, 0.1) is 0 Å². The number of piperidine rings is 1. The number of hydrogen-bond acceptors (Lipinski definition) is 2. The van der Waals surface area contributed by atoms with Gasteiger partial charge in [0.2, 0.25) is 0 Å². The minimum absolute atomic E-state index is 0. The third-order valence-electron chi connectivity index (χ3n) is 5.05. The summed E-state index contributed by atoms with van der Waals surface area (Å²) in [6, 6.07) is 5.94. The number of aromatic hydroxyl groups is 1. The first-order chi connectivity index (χ1) is 8.00. The molecule has 3 atom stereocenters. The molecule has 0 saturated carbocycles. The second-order valence-electron chi connectivity index (χ2n) is 6.21. The Hall–Kier alpha value is -0.540. The summed E-state index contributed by atoms with van der Waals surface area (Å²) in [6.45, 7) is 7.04. The molecule has 1 aliphatic heterocycles. The van der Waals surface area contributed by atoms with Crippen molar-refractivity contribution in [3.05, 3.63) is 29.3 Å². The van der Waals surface area contributed by atoms with Crippen LogP contribution in [0.1, 0.15) is 25.0 Å². The number of halogens is 1. The van der Waals surface area contributed by atoms with Crippen LogP contribution in [0.3, 0.4) is 0 Å². The molecule has 2 bridgehead atoms. The first kappa shape index (κ1) is 13.9. The Balaban J connectivity index is 0.00000120. The Morgan fingerprint density at radius 1 is 1.39 bits per heavy atom. The van der Waals surface area contributed by atoms with Crippen molar-refractivity contribution in [1.29, 1.82) is 0 Å². The summed E-state index contributed by atoms with van der Waals surface area (Å²) < 4.78 is 0. The van der Waals surface area contributed by atoms with Crippen LogP contribution in [0.15, 0.2) is 18.2 Å². The fourth-order valence-corrected chi connectivity index (χ4v) is 3.98. The number of likely N-dealkylation sites (N-methyl/N-ethyl adjacent to an activating group) is 1. The van der Waals surface area contributed by atoms with E-state index in [4.69, 9.17) is 0 Å². The molecule has 1 aromatic carbocycles. The Labute approximate surface area is 120 Å². The number of phenols is 1. The smallest absolute Gasteiger partial charge is 0.115 e. The average molecular weight is 312 g/mol. The molecule has 2 nitrogen and oxygen atoms in total. The zero-order valence-corrected chi connectivity index (χ0v) is 13.0. The summed E-state index contributed by atoms with van der Waals surface area (Å²) in [5.41, 5.74) is 3.01. The van der Waals surface area contributed by atoms with Crippen LogP contribution in [0.25, 0.3) is 0 Å². The summed E-state index contributed by atoms with van der Waals surface area (Å²) in [6.07, 6.45) is 1.16. The van der Waals surface area contributed by atoms with Gasteiger partial charge in [-0.25, -0.2) is 0 Å². The number of phenolic OH excluding ortho intramolecular Hbond substituents is 1. The Morgan fingerprint density at radius 2 is 2.11 bits per heavy atom. The summed E-state index contributed by atoms with van der Waals surface area (Å²) in [7, 11) is 2.21. The van der Waals surface area contributed by atoms with E-state index in [9.17, 15) is 5.11 Å². The Bertz CT molecular complexity index is 462. The predicted molar refractivity (Wildman–Crippen MR) is 79.6 cm³/mol. The molecule has 3 heteroatoms. The summed E-state index contributed by atoms with van der Waals surface area (Å²) in [5.74, 6) is 1.87. The zero-order chi connectivity index (χ0) is 12.2. The summed E-state index contributed by atoms with van der Waals surface area (Å²) >= 11 is 0. The van der Waals surface area contributed by atoms with Gasteiger partial charge in [-0.2, -0.15) is 0 Å². The van der Waals surface area contributed by atoms with E-state index in [1.54, 1.807) is 0 Å². The number of nitrogens with zero attached hydrogens (tertiary/aromatic N) is 1. The van der Waals surface area contributed by atoms with E-state index < -0.39 is 0 Å². The molecule has 0 amide bonds. The monoisotopic (exact) mass is 311 g/mol. The van der Waals surface area contributed by atoms with Gasteiger partial charge in [-0.15, -0.1) is 17.0 Å². The van der Waals surface area contributed by atoms with Crippen molar-refractivity contribution in [2.24, 2.45) is 11.8 Å². The predicted octanol–water partition coefficient (Wildman–Crippen LogP) is 2.98. The van der Waals surface area contributed by atoms with Gasteiger partial charge >= 0.3 is 0 Å². The quantitative estimate of drug-likeness (QED) is 0.796. The SMILES string of the molecule is Br.C[C@H]1[C@H]2Cc3ccc(O)cc3[C@]1(C)CN(C)C2. The first-order valence-electron chi connectivity index (χ1n) is 6.51. The molecular formula is C15H22BrNO. The van der Waals surface area contributed by atoms with Gasteiger partial charge in [-0.3, -0.25) is 0 Å². The topological polar surface area (TPSA) is 23.5 Å². The van der Waals surface area contributed by atoms with Crippen molar-refractivity contribution < 1.29 is 5.11 Å². The van der Waals surface area contributed by atoms with Crippen LogP contribution < -0.4 is 0 Å². The molecule has 0 spiro atoms. The number of hydrogen-bond donors (Lipinski definition) is 1. The van der Waals surface area contributed by atoms with Gasteiger partial charge in [0.1, 0.15) is 5.75 Å². The second-order valence-corrected chi connectivity index (χ2v) is 6.21. The third-order valence-corrected chi connectivity index (χ3v) is 5.05. The fourth-order valence-electron chi connectivity index (χ4n) is 3.98. The molecule has 1 fully saturated rings. The van der Waals surface area contributed by atoms with E-state index in [0.717, 1.165) is 18.9 Å². The van der Waals surface area contributed by atoms with Crippen molar-refractivity contribution in [2.75, 3.05) is 20.1 Å². The standard InChI is InChI=1S/C15H21NO.BrH/c1-10-12-6-11-4-5-13(17)7-14(11)15(10,2)9-16(3)8-12;/h4-5,7,10,12,17H,6,8-9H2,1-3H3;1H/t10-,12-,15+;/m0./s1. The van der Waals surface area contributed by atoms with E-state index in [1.165, 1.54) is 17.7 Å². The van der Waals surface area contributed by atoms with Crippen LogP contribution in [-0.4, -0.2) is 30.1 Å². The lowest BCUT2D eigenvalue weighted by atomic mass is 9.58. The maximum absolute atomic E-state index is 9.74. The maximum atomic E-state index is 9.74. The van der Waals surface area contributed by atoms with Crippen molar-refractivity contribution in [1.82, 2.24) is 4.90 Å². The Kier molecular flexibility index (Phi) is 3.50. The highest BCUT2D eigenvalue weighted by Crippen LogP contribution is 2.48. The molecule has 0 aromatic heterocycles. The van der Waals surface area contributed by atoms with Crippen LogP contribution in [0.4, 0.5) is 0 Å². The number of rotatable bonds is 0. The molecule has 1 aromatic rings. The van der Waals surface area contributed by atoms with E-state index in [1.807, 2.05) is 12.1 Å². The maximum Gasteiger partial charge on any atom is 0.115 e. The molecule has 0 radical (unpaired) electrons. The molecule has 3 rings (SSSR count). The highest BCUT2D eigenvalue weighted by atomic mass is 79.9. The molecule has 1 heterocycles. The number of likely N-dealkylation sites (tertiary alicyclic amines) is 1. The Morgan fingerprint density at radius 3 is 2.83 bits per heavy atom. The van der Waals surface area contributed by atoms with E-state index in [-0.39, 0.29) is 22.4 Å². The average Bonchev–Trinajstić information content (AvgIpc) is 2.25. The van der Waals surface area contributed by atoms with Gasteiger partial charge in [0.25, 0.3) is 0 Å². The largest absolute Gasteiger partial charge is 0.508 e. The van der Waals surface area contributed by atoms with Crippen LogP contribution in [-0.2, 0) is 11.8 Å².